The Morgan fingerprint density at radius 1 is 1.39 bits per heavy atom. The lowest BCUT2D eigenvalue weighted by molar-refractivity contribution is -0.142. The van der Waals surface area contributed by atoms with Gasteiger partial charge in [0.2, 0.25) is 0 Å². The molecule has 2 amide bonds. The molecule has 0 radical (unpaired) electrons. The van der Waals surface area contributed by atoms with Gasteiger partial charge in [0.05, 0.1) is 0 Å². The van der Waals surface area contributed by atoms with E-state index < -0.39 is 17.5 Å². The van der Waals surface area contributed by atoms with Crippen LogP contribution in [0, 0.1) is 6.92 Å². The number of urea groups is 1. The third-order valence-electron chi connectivity index (χ3n) is 2.39. The quantitative estimate of drug-likeness (QED) is 0.746. The van der Waals surface area contributed by atoms with Crippen molar-refractivity contribution in [3.8, 4) is 0 Å². The molecule has 98 valence electrons. The predicted octanol–water partition coefficient (Wildman–Crippen LogP) is 1.05. The van der Waals surface area contributed by atoms with Gasteiger partial charge in [0.15, 0.2) is 0 Å². The summed E-state index contributed by atoms with van der Waals surface area (Å²) in [6.07, 6.45) is 1.66. The van der Waals surface area contributed by atoms with Crippen molar-refractivity contribution in [2.24, 2.45) is 0 Å². The smallest absolute Gasteiger partial charge is 0.328 e. The van der Waals surface area contributed by atoms with E-state index in [-0.39, 0.29) is 0 Å². The van der Waals surface area contributed by atoms with Crippen molar-refractivity contribution in [2.75, 3.05) is 0 Å². The SMILES string of the molecule is Cc1ccc(CNC(=O)NC(C)(C)C(=O)O)cn1. The lowest BCUT2D eigenvalue weighted by atomic mass is 10.1. The second-order valence-corrected chi connectivity index (χ2v) is 4.55. The van der Waals surface area contributed by atoms with Crippen molar-refractivity contribution in [1.29, 1.82) is 0 Å². The van der Waals surface area contributed by atoms with Crippen LogP contribution in [0.25, 0.3) is 0 Å². The summed E-state index contributed by atoms with van der Waals surface area (Å²) in [5.41, 5.74) is 0.453. The number of carboxylic acids is 1. The third kappa shape index (κ3) is 4.04. The van der Waals surface area contributed by atoms with Gasteiger partial charge in [0.1, 0.15) is 5.54 Å². The van der Waals surface area contributed by atoms with Crippen molar-refractivity contribution in [2.45, 2.75) is 32.9 Å². The van der Waals surface area contributed by atoms with E-state index in [0.717, 1.165) is 11.3 Å². The second kappa shape index (κ2) is 5.48. The normalized spacial score (nSPS) is 10.8. The number of carbonyl (C=O) groups excluding carboxylic acids is 1. The molecule has 0 aromatic carbocycles. The summed E-state index contributed by atoms with van der Waals surface area (Å²) < 4.78 is 0. The number of nitrogens with zero attached hydrogens (tertiary/aromatic N) is 1. The zero-order valence-electron chi connectivity index (χ0n) is 10.7. The summed E-state index contributed by atoms with van der Waals surface area (Å²) in [6.45, 7) is 5.01. The first-order valence-electron chi connectivity index (χ1n) is 5.52. The maximum atomic E-state index is 11.5. The highest BCUT2D eigenvalue weighted by atomic mass is 16.4. The van der Waals surface area contributed by atoms with Gasteiger partial charge in [-0.3, -0.25) is 4.98 Å². The minimum atomic E-state index is -1.30. The average molecular weight is 251 g/mol. The molecular formula is C12H17N3O3. The van der Waals surface area contributed by atoms with Crippen LogP contribution in [0.3, 0.4) is 0 Å². The standard InChI is InChI=1S/C12H17N3O3/c1-8-4-5-9(6-13-8)7-14-11(18)15-12(2,3)10(16)17/h4-6H,7H2,1-3H3,(H,16,17)(H2,14,15,18). The van der Waals surface area contributed by atoms with Gasteiger partial charge < -0.3 is 15.7 Å². The summed E-state index contributed by atoms with van der Waals surface area (Å²) in [7, 11) is 0. The van der Waals surface area contributed by atoms with E-state index in [2.05, 4.69) is 15.6 Å². The summed E-state index contributed by atoms with van der Waals surface area (Å²) in [6, 6.07) is 3.17. The Balaban J connectivity index is 2.47. The fraction of sp³-hybridized carbons (Fsp3) is 0.417. The van der Waals surface area contributed by atoms with Crippen LogP contribution >= 0.6 is 0 Å². The highest BCUT2D eigenvalue weighted by Crippen LogP contribution is 2.02. The molecule has 1 heterocycles. The van der Waals surface area contributed by atoms with Crippen LogP contribution in [0.2, 0.25) is 0 Å². The second-order valence-electron chi connectivity index (χ2n) is 4.55. The lowest BCUT2D eigenvalue weighted by Gasteiger charge is -2.21. The van der Waals surface area contributed by atoms with Gasteiger partial charge in [-0.1, -0.05) is 6.07 Å². The number of hydrogen-bond acceptors (Lipinski definition) is 3. The molecule has 0 spiro atoms. The van der Waals surface area contributed by atoms with Gasteiger partial charge in [-0.2, -0.15) is 0 Å². The molecule has 0 saturated heterocycles. The molecule has 0 saturated carbocycles. The van der Waals surface area contributed by atoms with Gasteiger partial charge in [-0.25, -0.2) is 9.59 Å². The number of aliphatic carboxylic acids is 1. The molecule has 18 heavy (non-hydrogen) atoms. The molecule has 0 aliphatic heterocycles. The Morgan fingerprint density at radius 3 is 2.56 bits per heavy atom. The van der Waals surface area contributed by atoms with E-state index in [4.69, 9.17) is 5.11 Å². The highest BCUT2D eigenvalue weighted by molar-refractivity contribution is 5.85. The summed E-state index contributed by atoms with van der Waals surface area (Å²) in [4.78, 5) is 26.4. The molecule has 3 N–H and O–H groups in total. The van der Waals surface area contributed by atoms with Crippen LogP contribution in [0.4, 0.5) is 4.79 Å². The molecule has 0 bridgehead atoms. The molecule has 0 unspecified atom stereocenters. The molecule has 0 fully saturated rings. The van der Waals surface area contributed by atoms with E-state index >= 15 is 0 Å². The number of aromatic nitrogens is 1. The van der Waals surface area contributed by atoms with Crippen LogP contribution in [-0.4, -0.2) is 27.6 Å². The fourth-order valence-corrected chi connectivity index (χ4v) is 1.17. The minimum Gasteiger partial charge on any atom is -0.480 e. The predicted molar refractivity (Wildman–Crippen MR) is 66.1 cm³/mol. The Bertz CT molecular complexity index is 440. The minimum absolute atomic E-state index is 0.300. The van der Waals surface area contributed by atoms with Crippen molar-refractivity contribution >= 4 is 12.0 Å². The van der Waals surface area contributed by atoms with Crippen LogP contribution in [0.15, 0.2) is 18.3 Å². The molecule has 6 nitrogen and oxygen atoms in total. The van der Waals surface area contributed by atoms with Crippen LogP contribution < -0.4 is 10.6 Å². The van der Waals surface area contributed by atoms with E-state index in [1.54, 1.807) is 6.20 Å². The van der Waals surface area contributed by atoms with E-state index in [0.29, 0.717) is 6.54 Å². The van der Waals surface area contributed by atoms with Crippen molar-refractivity contribution in [1.82, 2.24) is 15.6 Å². The first-order valence-corrected chi connectivity index (χ1v) is 5.52. The summed E-state index contributed by atoms with van der Waals surface area (Å²) >= 11 is 0. The lowest BCUT2D eigenvalue weighted by Crippen LogP contribution is -2.52. The average Bonchev–Trinajstić information content (AvgIpc) is 2.27. The molecule has 0 aliphatic carbocycles. The van der Waals surface area contributed by atoms with E-state index in [1.807, 2.05) is 19.1 Å². The van der Waals surface area contributed by atoms with Crippen molar-refractivity contribution in [3.05, 3.63) is 29.6 Å². The van der Waals surface area contributed by atoms with Crippen LogP contribution in [-0.2, 0) is 11.3 Å². The summed E-state index contributed by atoms with van der Waals surface area (Å²) in [5.74, 6) is -1.09. The number of aryl methyl sites for hydroxylation is 1. The van der Waals surface area contributed by atoms with Gasteiger partial charge >= 0.3 is 12.0 Å². The molecule has 1 aromatic rings. The number of rotatable bonds is 4. The topological polar surface area (TPSA) is 91.3 Å². The maximum absolute atomic E-state index is 11.5. The number of pyridine rings is 1. The zero-order valence-corrected chi connectivity index (χ0v) is 10.7. The number of nitrogens with one attached hydrogen (secondary N) is 2. The maximum Gasteiger partial charge on any atom is 0.328 e. The van der Waals surface area contributed by atoms with Gasteiger partial charge in [-0.05, 0) is 32.4 Å². The number of carboxylic acid groups (broad SMARTS) is 1. The summed E-state index contributed by atoms with van der Waals surface area (Å²) in [5, 5.41) is 13.8. The van der Waals surface area contributed by atoms with Gasteiger partial charge in [0.25, 0.3) is 0 Å². The molecule has 1 aromatic heterocycles. The van der Waals surface area contributed by atoms with Crippen molar-refractivity contribution < 1.29 is 14.7 Å². The third-order valence-corrected chi connectivity index (χ3v) is 2.39. The number of amides is 2. The highest BCUT2D eigenvalue weighted by Gasteiger charge is 2.28. The first-order chi connectivity index (χ1) is 8.31. The first kappa shape index (κ1) is 14.0. The number of carbonyl (C=O) groups is 2. The molecule has 0 aliphatic rings. The number of hydrogen-bond donors (Lipinski definition) is 3. The zero-order chi connectivity index (χ0) is 13.8. The Labute approximate surface area is 105 Å². The molecule has 6 heteroatoms. The Morgan fingerprint density at radius 2 is 2.06 bits per heavy atom. The van der Waals surface area contributed by atoms with E-state index in [9.17, 15) is 9.59 Å². The van der Waals surface area contributed by atoms with E-state index in [1.165, 1.54) is 13.8 Å². The van der Waals surface area contributed by atoms with Crippen LogP contribution in [0.5, 0.6) is 0 Å². The largest absolute Gasteiger partial charge is 0.480 e. The Hall–Kier alpha value is -2.11. The molecule has 0 atom stereocenters. The monoisotopic (exact) mass is 251 g/mol. The molecule has 1 rings (SSSR count). The molecular weight excluding hydrogens is 234 g/mol. The fourth-order valence-electron chi connectivity index (χ4n) is 1.17. The van der Waals surface area contributed by atoms with Gasteiger partial charge in [0, 0.05) is 18.4 Å². The van der Waals surface area contributed by atoms with Crippen LogP contribution in [0.1, 0.15) is 25.1 Å². The van der Waals surface area contributed by atoms with Crippen molar-refractivity contribution in [3.63, 3.8) is 0 Å². The Kier molecular flexibility index (Phi) is 4.25. The van der Waals surface area contributed by atoms with Gasteiger partial charge in [-0.15, -0.1) is 0 Å².